The first-order valence-electron chi connectivity index (χ1n) is 4.40. The van der Waals surface area contributed by atoms with Gasteiger partial charge in [-0.05, 0) is 19.8 Å². The summed E-state index contributed by atoms with van der Waals surface area (Å²) in [6.07, 6.45) is 0. The van der Waals surface area contributed by atoms with Gasteiger partial charge >= 0.3 is 0 Å². The average molecular weight is 172 g/mol. The highest BCUT2D eigenvalue weighted by Crippen LogP contribution is 2.04. The van der Waals surface area contributed by atoms with E-state index in [-0.39, 0.29) is 23.9 Å². The molecular formula is C9H20N2O. The van der Waals surface area contributed by atoms with Crippen molar-refractivity contribution in [2.75, 3.05) is 7.05 Å². The number of hydrogen-bond donors (Lipinski definition) is 1. The van der Waals surface area contributed by atoms with Crippen molar-refractivity contribution in [1.82, 2.24) is 4.90 Å². The smallest absolute Gasteiger partial charge is 0.239 e. The normalized spacial score (nSPS) is 13.7. The molecule has 0 saturated heterocycles. The molecule has 1 atom stereocenters. The van der Waals surface area contributed by atoms with Crippen LogP contribution in [0, 0.1) is 5.92 Å². The van der Waals surface area contributed by atoms with Gasteiger partial charge in [0.2, 0.25) is 5.91 Å². The Balaban J connectivity index is 4.19. The molecule has 0 spiro atoms. The monoisotopic (exact) mass is 172 g/mol. The first-order chi connectivity index (χ1) is 5.37. The van der Waals surface area contributed by atoms with E-state index in [1.807, 2.05) is 27.7 Å². The molecule has 0 aromatic rings. The molecule has 0 bridgehead atoms. The van der Waals surface area contributed by atoms with Crippen molar-refractivity contribution in [3.63, 3.8) is 0 Å². The van der Waals surface area contributed by atoms with Gasteiger partial charge in [0.25, 0.3) is 0 Å². The van der Waals surface area contributed by atoms with Crippen LogP contribution in [0.1, 0.15) is 27.7 Å². The average Bonchev–Trinajstić information content (AvgIpc) is 2.00. The van der Waals surface area contributed by atoms with Crippen LogP contribution in [0.3, 0.4) is 0 Å². The molecule has 0 aliphatic rings. The van der Waals surface area contributed by atoms with Gasteiger partial charge in [-0.25, -0.2) is 0 Å². The molecule has 0 aromatic heterocycles. The maximum atomic E-state index is 11.5. The van der Waals surface area contributed by atoms with Crippen molar-refractivity contribution >= 4 is 5.91 Å². The fourth-order valence-electron chi connectivity index (χ4n) is 0.775. The Kier molecular flexibility index (Phi) is 4.24. The lowest BCUT2D eigenvalue weighted by molar-refractivity contribution is -0.133. The molecule has 12 heavy (non-hydrogen) atoms. The van der Waals surface area contributed by atoms with Crippen LogP contribution in [-0.4, -0.2) is 29.9 Å². The van der Waals surface area contributed by atoms with Crippen molar-refractivity contribution in [3.05, 3.63) is 0 Å². The Morgan fingerprint density at radius 2 is 1.67 bits per heavy atom. The van der Waals surface area contributed by atoms with E-state index in [2.05, 4.69) is 0 Å². The standard InChI is InChI=1S/C9H20N2O/c1-6(2)8(10)9(12)11(5)7(3)4/h6-8H,10H2,1-5H3. The van der Waals surface area contributed by atoms with Gasteiger partial charge in [0, 0.05) is 13.1 Å². The van der Waals surface area contributed by atoms with Gasteiger partial charge in [-0.1, -0.05) is 13.8 Å². The van der Waals surface area contributed by atoms with Crippen molar-refractivity contribution in [1.29, 1.82) is 0 Å². The number of nitrogens with two attached hydrogens (primary N) is 1. The molecular weight excluding hydrogens is 152 g/mol. The molecule has 1 unspecified atom stereocenters. The molecule has 0 rings (SSSR count). The van der Waals surface area contributed by atoms with Crippen LogP contribution in [0.5, 0.6) is 0 Å². The van der Waals surface area contributed by atoms with Gasteiger partial charge in [-0.15, -0.1) is 0 Å². The summed E-state index contributed by atoms with van der Waals surface area (Å²) in [5.41, 5.74) is 5.71. The van der Waals surface area contributed by atoms with E-state index in [4.69, 9.17) is 5.73 Å². The number of carbonyl (C=O) groups excluding carboxylic acids is 1. The predicted molar refractivity (Wildman–Crippen MR) is 50.7 cm³/mol. The number of amides is 1. The molecule has 0 aliphatic heterocycles. The van der Waals surface area contributed by atoms with E-state index < -0.39 is 0 Å². The lowest BCUT2D eigenvalue weighted by Gasteiger charge is -2.26. The summed E-state index contributed by atoms with van der Waals surface area (Å²) in [6.45, 7) is 7.86. The fourth-order valence-corrected chi connectivity index (χ4v) is 0.775. The summed E-state index contributed by atoms with van der Waals surface area (Å²) in [5, 5.41) is 0. The highest BCUT2D eigenvalue weighted by molar-refractivity contribution is 5.81. The minimum absolute atomic E-state index is 0.0278. The van der Waals surface area contributed by atoms with Gasteiger partial charge in [-0.2, -0.15) is 0 Å². The number of likely N-dealkylation sites (N-methyl/N-ethyl adjacent to an activating group) is 1. The third kappa shape index (κ3) is 2.81. The SMILES string of the molecule is CC(C)C(N)C(=O)N(C)C(C)C. The molecule has 3 nitrogen and oxygen atoms in total. The zero-order chi connectivity index (χ0) is 9.89. The maximum absolute atomic E-state index is 11.5. The molecule has 0 heterocycles. The lowest BCUT2D eigenvalue weighted by atomic mass is 10.0. The second kappa shape index (κ2) is 4.45. The van der Waals surface area contributed by atoms with E-state index in [1.165, 1.54) is 0 Å². The first kappa shape index (κ1) is 11.4. The van der Waals surface area contributed by atoms with Crippen molar-refractivity contribution in [2.45, 2.75) is 39.8 Å². The summed E-state index contributed by atoms with van der Waals surface area (Å²) in [4.78, 5) is 13.2. The molecule has 72 valence electrons. The second-order valence-electron chi connectivity index (χ2n) is 3.81. The molecule has 0 radical (unpaired) electrons. The Morgan fingerprint density at radius 1 is 1.25 bits per heavy atom. The summed E-state index contributed by atoms with van der Waals surface area (Å²) in [6, 6.07) is -0.139. The Hall–Kier alpha value is -0.570. The maximum Gasteiger partial charge on any atom is 0.239 e. The summed E-state index contributed by atoms with van der Waals surface area (Å²) >= 11 is 0. The Labute approximate surface area is 74.9 Å². The Morgan fingerprint density at radius 3 is 1.92 bits per heavy atom. The minimum Gasteiger partial charge on any atom is -0.342 e. The van der Waals surface area contributed by atoms with Crippen LogP contribution in [0.25, 0.3) is 0 Å². The van der Waals surface area contributed by atoms with Crippen LogP contribution in [0.4, 0.5) is 0 Å². The predicted octanol–water partition coefficient (Wildman–Crippen LogP) is 0.836. The summed E-state index contributed by atoms with van der Waals surface area (Å²) in [5.74, 6) is 0.235. The molecule has 3 heteroatoms. The summed E-state index contributed by atoms with van der Waals surface area (Å²) in [7, 11) is 1.79. The molecule has 0 saturated carbocycles. The first-order valence-corrected chi connectivity index (χ1v) is 4.40. The van der Waals surface area contributed by atoms with E-state index in [1.54, 1.807) is 11.9 Å². The summed E-state index contributed by atoms with van der Waals surface area (Å²) < 4.78 is 0. The molecule has 0 aliphatic carbocycles. The van der Waals surface area contributed by atoms with Gasteiger partial charge < -0.3 is 10.6 Å². The Bertz CT molecular complexity index is 139. The van der Waals surface area contributed by atoms with Crippen molar-refractivity contribution in [2.24, 2.45) is 11.7 Å². The van der Waals surface area contributed by atoms with E-state index in [0.717, 1.165) is 0 Å². The molecule has 2 N–H and O–H groups in total. The van der Waals surface area contributed by atoms with Crippen LogP contribution in [0.15, 0.2) is 0 Å². The molecule has 1 amide bonds. The minimum atomic E-state index is -0.364. The third-order valence-corrected chi connectivity index (χ3v) is 2.13. The topological polar surface area (TPSA) is 46.3 Å². The van der Waals surface area contributed by atoms with Crippen molar-refractivity contribution < 1.29 is 4.79 Å². The molecule has 0 fully saturated rings. The third-order valence-electron chi connectivity index (χ3n) is 2.13. The van der Waals surface area contributed by atoms with Gasteiger partial charge in [0.05, 0.1) is 6.04 Å². The number of nitrogens with zero attached hydrogens (tertiary/aromatic N) is 1. The van der Waals surface area contributed by atoms with Gasteiger partial charge in [0.15, 0.2) is 0 Å². The molecule has 0 aromatic carbocycles. The number of hydrogen-bond acceptors (Lipinski definition) is 2. The van der Waals surface area contributed by atoms with Crippen LogP contribution >= 0.6 is 0 Å². The highest BCUT2D eigenvalue weighted by atomic mass is 16.2. The lowest BCUT2D eigenvalue weighted by Crippen LogP contribution is -2.47. The fraction of sp³-hybridized carbons (Fsp3) is 0.889. The van der Waals surface area contributed by atoms with Crippen LogP contribution in [-0.2, 0) is 4.79 Å². The largest absolute Gasteiger partial charge is 0.342 e. The highest BCUT2D eigenvalue weighted by Gasteiger charge is 2.22. The van der Waals surface area contributed by atoms with Crippen LogP contribution < -0.4 is 5.73 Å². The number of rotatable bonds is 3. The van der Waals surface area contributed by atoms with Gasteiger partial charge in [-0.3, -0.25) is 4.79 Å². The van der Waals surface area contributed by atoms with Crippen molar-refractivity contribution in [3.8, 4) is 0 Å². The quantitative estimate of drug-likeness (QED) is 0.685. The second-order valence-corrected chi connectivity index (χ2v) is 3.81. The van der Waals surface area contributed by atoms with Gasteiger partial charge in [0.1, 0.15) is 0 Å². The number of carbonyl (C=O) groups is 1. The zero-order valence-electron chi connectivity index (χ0n) is 8.66. The van der Waals surface area contributed by atoms with E-state index >= 15 is 0 Å². The zero-order valence-corrected chi connectivity index (χ0v) is 8.66. The van der Waals surface area contributed by atoms with E-state index in [0.29, 0.717) is 0 Å². The van der Waals surface area contributed by atoms with Crippen LogP contribution in [0.2, 0.25) is 0 Å². The van der Waals surface area contributed by atoms with E-state index in [9.17, 15) is 4.79 Å².